The first-order chi connectivity index (χ1) is 15.8. The number of carbonyl (C=O) groups is 3. The maximum absolute atomic E-state index is 13.2. The second-order valence-electron chi connectivity index (χ2n) is 9.78. The van der Waals surface area contributed by atoms with Gasteiger partial charge in [-0.2, -0.15) is 0 Å². The number of hydrogen-bond acceptors (Lipinski definition) is 6. The van der Waals surface area contributed by atoms with Gasteiger partial charge in [-0.15, -0.1) is 0 Å². The Balaban J connectivity index is 1.89. The molecule has 0 spiro atoms. The summed E-state index contributed by atoms with van der Waals surface area (Å²) in [6, 6.07) is 6.30. The first-order valence-corrected chi connectivity index (χ1v) is 11.5. The highest BCUT2D eigenvalue weighted by molar-refractivity contribution is 6.02. The van der Waals surface area contributed by atoms with Crippen LogP contribution in [0.1, 0.15) is 73.6 Å². The third-order valence-corrected chi connectivity index (χ3v) is 6.15. The van der Waals surface area contributed by atoms with Gasteiger partial charge in [-0.1, -0.05) is 6.07 Å². The lowest BCUT2D eigenvalue weighted by molar-refractivity contribution is -0.155. The summed E-state index contributed by atoms with van der Waals surface area (Å²) >= 11 is 0. The van der Waals surface area contributed by atoms with Gasteiger partial charge in [-0.05, 0) is 82.9 Å². The molecule has 1 aromatic heterocycles. The zero-order chi connectivity index (χ0) is 25.4. The Labute approximate surface area is 200 Å². The van der Waals surface area contributed by atoms with Crippen molar-refractivity contribution < 1.29 is 19.1 Å². The van der Waals surface area contributed by atoms with Crippen molar-refractivity contribution in [3.05, 3.63) is 46.5 Å². The number of pyridine rings is 1. The van der Waals surface area contributed by atoms with E-state index >= 15 is 0 Å². The molecular weight excluding hydrogens is 432 g/mol. The van der Waals surface area contributed by atoms with Crippen LogP contribution in [0.25, 0.3) is 11.3 Å². The van der Waals surface area contributed by atoms with E-state index in [2.05, 4.69) is 5.32 Å². The number of nitrogens with one attached hydrogen (secondary N) is 1. The molecule has 1 unspecified atom stereocenters. The number of hydrogen-bond donors (Lipinski definition) is 2. The van der Waals surface area contributed by atoms with Crippen molar-refractivity contribution in [1.29, 1.82) is 0 Å². The van der Waals surface area contributed by atoms with E-state index < -0.39 is 23.5 Å². The molecule has 8 nitrogen and oxygen atoms in total. The van der Waals surface area contributed by atoms with E-state index in [0.29, 0.717) is 5.56 Å². The van der Waals surface area contributed by atoms with Crippen LogP contribution in [0, 0.1) is 13.8 Å². The van der Waals surface area contributed by atoms with Crippen LogP contribution in [0.4, 0.5) is 5.82 Å². The Morgan fingerprint density at radius 1 is 1.24 bits per heavy atom. The van der Waals surface area contributed by atoms with Gasteiger partial charge < -0.3 is 20.7 Å². The molecule has 0 radical (unpaired) electrons. The number of carbonyl (C=O) groups excluding carboxylic acids is 3. The molecule has 34 heavy (non-hydrogen) atoms. The van der Waals surface area contributed by atoms with E-state index in [1.54, 1.807) is 26.8 Å². The summed E-state index contributed by atoms with van der Waals surface area (Å²) in [4.78, 5) is 44.0. The standard InChI is InChI=1S/C26H34N4O4/c1-14-12-20(29-24(28-7)15(14)2)17-8-9-18-19(13-17)16(3)30(25(18)33)21(23(27)32)10-11-22(31)34-26(4,5)6/h8-9,12-13,16,21H,10-11H2,1-7H3,(H2,27,32)(H,28,29)/t16?,21-/m0/s1. The summed E-state index contributed by atoms with van der Waals surface area (Å²) in [6.07, 6.45) is 0.0910. The van der Waals surface area contributed by atoms with E-state index in [9.17, 15) is 14.4 Å². The number of esters is 1. The molecule has 0 saturated carbocycles. The van der Waals surface area contributed by atoms with Crippen LogP contribution >= 0.6 is 0 Å². The summed E-state index contributed by atoms with van der Waals surface area (Å²) < 4.78 is 5.34. The number of anilines is 1. The van der Waals surface area contributed by atoms with Crippen molar-refractivity contribution in [3.63, 3.8) is 0 Å². The topological polar surface area (TPSA) is 115 Å². The maximum Gasteiger partial charge on any atom is 0.306 e. The zero-order valence-corrected chi connectivity index (χ0v) is 21.0. The summed E-state index contributed by atoms with van der Waals surface area (Å²) in [5.74, 6) is -0.548. The number of nitrogens with zero attached hydrogens (tertiary/aromatic N) is 2. The van der Waals surface area contributed by atoms with Gasteiger partial charge in [0, 0.05) is 24.6 Å². The van der Waals surface area contributed by atoms with Crippen molar-refractivity contribution in [2.45, 2.75) is 72.1 Å². The van der Waals surface area contributed by atoms with Crippen LogP contribution in [-0.4, -0.2) is 46.4 Å². The van der Waals surface area contributed by atoms with Gasteiger partial charge in [0.05, 0.1) is 11.7 Å². The predicted molar refractivity (Wildman–Crippen MR) is 131 cm³/mol. The molecule has 2 atom stereocenters. The number of fused-ring (bicyclic) bond motifs is 1. The number of aryl methyl sites for hydroxylation is 1. The number of ether oxygens (including phenoxy) is 1. The molecule has 0 aliphatic carbocycles. The van der Waals surface area contributed by atoms with Crippen LogP contribution < -0.4 is 11.1 Å². The largest absolute Gasteiger partial charge is 0.460 e. The smallest absolute Gasteiger partial charge is 0.306 e. The van der Waals surface area contributed by atoms with Gasteiger partial charge >= 0.3 is 5.97 Å². The molecule has 0 bridgehead atoms. The van der Waals surface area contributed by atoms with E-state index in [4.69, 9.17) is 15.5 Å². The molecule has 0 saturated heterocycles. The van der Waals surface area contributed by atoms with Crippen LogP contribution in [0.5, 0.6) is 0 Å². The first kappa shape index (κ1) is 25.2. The van der Waals surface area contributed by atoms with E-state index in [0.717, 1.165) is 33.8 Å². The summed E-state index contributed by atoms with van der Waals surface area (Å²) in [5, 5.41) is 3.12. The normalized spacial score (nSPS) is 16.3. The third kappa shape index (κ3) is 5.05. The quantitative estimate of drug-likeness (QED) is 0.598. The SMILES string of the molecule is CNc1nc(-c2ccc3c(c2)C(C)N([C@@H](CCC(=O)OC(C)(C)C)C(N)=O)C3=O)cc(C)c1C. The van der Waals surface area contributed by atoms with Crippen LogP contribution in [0.15, 0.2) is 24.3 Å². The number of aromatic nitrogens is 1. The fourth-order valence-corrected chi connectivity index (χ4v) is 4.33. The lowest BCUT2D eigenvalue weighted by Crippen LogP contribution is -2.46. The number of amides is 2. The minimum atomic E-state index is -0.915. The lowest BCUT2D eigenvalue weighted by Gasteiger charge is -2.30. The Kier molecular flexibility index (Phi) is 7.00. The average molecular weight is 467 g/mol. The van der Waals surface area contributed by atoms with Crippen LogP contribution in [0.2, 0.25) is 0 Å². The highest BCUT2D eigenvalue weighted by Crippen LogP contribution is 2.38. The summed E-state index contributed by atoms with van der Waals surface area (Å²) in [7, 11) is 1.83. The van der Waals surface area contributed by atoms with Crippen molar-refractivity contribution in [1.82, 2.24) is 9.88 Å². The third-order valence-electron chi connectivity index (χ3n) is 6.15. The number of primary amides is 1. The molecule has 1 aliphatic rings. The molecule has 1 aromatic carbocycles. The van der Waals surface area contributed by atoms with Crippen molar-refractivity contribution in [2.75, 3.05) is 12.4 Å². The number of benzene rings is 1. The second kappa shape index (κ2) is 9.44. The molecule has 3 rings (SSSR count). The van der Waals surface area contributed by atoms with Crippen LogP contribution in [-0.2, 0) is 14.3 Å². The van der Waals surface area contributed by atoms with Gasteiger partial charge in [0.2, 0.25) is 5.91 Å². The first-order valence-electron chi connectivity index (χ1n) is 11.5. The van der Waals surface area contributed by atoms with Crippen molar-refractivity contribution in [3.8, 4) is 11.3 Å². The van der Waals surface area contributed by atoms with E-state index in [1.807, 2.05) is 46.0 Å². The highest BCUT2D eigenvalue weighted by Gasteiger charge is 2.41. The molecule has 3 N–H and O–H groups in total. The van der Waals surface area contributed by atoms with Crippen molar-refractivity contribution in [2.24, 2.45) is 5.73 Å². The molecule has 2 heterocycles. The minimum absolute atomic E-state index is 0.0116. The summed E-state index contributed by atoms with van der Waals surface area (Å²) in [6.45, 7) is 11.2. The van der Waals surface area contributed by atoms with Gasteiger partial charge in [0.1, 0.15) is 17.5 Å². The zero-order valence-electron chi connectivity index (χ0n) is 21.0. The van der Waals surface area contributed by atoms with Gasteiger partial charge in [0.15, 0.2) is 0 Å². The maximum atomic E-state index is 13.2. The van der Waals surface area contributed by atoms with E-state index in [1.165, 1.54) is 4.90 Å². The molecule has 1 aliphatic heterocycles. The highest BCUT2D eigenvalue weighted by atomic mass is 16.6. The molecule has 8 heteroatoms. The Bertz CT molecular complexity index is 1140. The van der Waals surface area contributed by atoms with Crippen molar-refractivity contribution >= 4 is 23.6 Å². The van der Waals surface area contributed by atoms with E-state index in [-0.39, 0.29) is 24.8 Å². The molecule has 182 valence electrons. The van der Waals surface area contributed by atoms with Crippen LogP contribution in [0.3, 0.4) is 0 Å². The molecule has 2 aromatic rings. The molecule has 2 amide bonds. The molecule has 0 fully saturated rings. The monoisotopic (exact) mass is 466 g/mol. The number of rotatable bonds is 7. The average Bonchev–Trinajstić information content (AvgIpc) is 2.99. The Morgan fingerprint density at radius 3 is 2.50 bits per heavy atom. The van der Waals surface area contributed by atoms with Gasteiger partial charge in [-0.25, -0.2) is 4.98 Å². The Morgan fingerprint density at radius 2 is 1.91 bits per heavy atom. The van der Waals surface area contributed by atoms with Gasteiger partial charge in [-0.3, -0.25) is 14.4 Å². The minimum Gasteiger partial charge on any atom is -0.460 e. The second-order valence-corrected chi connectivity index (χ2v) is 9.78. The fraction of sp³-hybridized carbons (Fsp3) is 0.462. The Hall–Kier alpha value is -3.42. The predicted octanol–water partition coefficient (Wildman–Crippen LogP) is 3.90. The lowest BCUT2D eigenvalue weighted by atomic mass is 9.99. The molecular formula is C26H34N4O4. The number of nitrogens with two attached hydrogens (primary N) is 1. The fourth-order valence-electron chi connectivity index (χ4n) is 4.33. The van der Waals surface area contributed by atoms with Gasteiger partial charge in [0.25, 0.3) is 5.91 Å². The summed E-state index contributed by atoms with van der Waals surface area (Å²) in [5.41, 5.74) is 10.2.